The maximum Gasteiger partial charge on any atom is 0.241 e. The third-order valence-electron chi connectivity index (χ3n) is 2.93. The smallest absolute Gasteiger partial charge is 0.241 e. The highest BCUT2D eigenvalue weighted by Gasteiger charge is 2.23. The van der Waals surface area contributed by atoms with Crippen LogP contribution in [-0.4, -0.2) is 26.2 Å². The van der Waals surface area contributed by atoms with Crippen LogP contribution >= 0.6 is 15.9 Å². The minimum absolute atomic E-state index is 0.0412. The normalized spacial score (nSPS) is 13.8. The van der Waals surface area contributed by atoms with Gasteiger partial charge < -0.3 is 5.11 Å². The van der Waals surface area contributed by atoms with Crippen LogP contribution in [0.15, 0.2) is 27.6 Å². The van der Waals surface area contributed by atoms with Gasteiger partial charge in [-0.3, -0.25) is 0 Å². The number of aryl methyl sites for hydroxylation is 1. The highest BCUT2D eigenvalue weighted by atomic mass is 79.9. The summed E-state index contributed by atoms with van der Waals surface area (Å²) < 4.78 is 27.9. The van der Waals surface area contributed by atoms with Gasteiger partial charge in [0.25, 0.3) is 0 Å². The zero-order chi connectivity index (χ0) is 14.6. The number of sulfonamides is 1. The Morgan fingerprint density at radius 2 is 2.00 bits per heavy atom. The second-order valence-electron chi connectivity index (χ2n) is 4.92. The predicted octanol–water partition coefficient (Wildman–Crippen LogP) is 2.44. The van der Waals surface area contributed by atoms with Gasteiger partial charge in [-0.05, 0) is 52.9 Å². The molecule has 108 valence electrons. The zero-order valence-corrected chi connectivity index (χ0v) is 13.8. The summed E-state index contributed by atoms with van der Waals surface area (Å²) >= 11 is 3.28. The third kappa shape index (κ3) is 4.56. The largest absolute Gasteiger partial charge is 0.396 e. The van der Waals surface area contributed by atoms with E-state index in [1.165, 1.54) is 0 Å². The molecule has 0 saturated carbocycles. The first kappa shape index (κ1) is 16.6. The van der Waals surface area contributed by atoms with Crippen molar-refractivity contribution in [2.45, 2.75) is 38.1 Å². The molecule has 1 rings (SSSR count). The highest BCUT2D eigenvalue weighted by Crippen LogP contribution is 2.24. The van der Waals surface area contributed by atoms with Gasteiger partial charge in [-0.25, -0.2) is 13.1 Å². The van der Waals surface area contributed by atoms with Crippen molar-refractivity contribution in [3.63, 3.8) is 0 Å². The predicted molar refractivity (Wildman–Crippen MR) is 79.5 cm³/mol. The molecular formula is C13H20BrNO3S. The van der Waals surface area contributed by atoms with Gasteiger partial charge in [-0.1, -0.05) is 19.9 Å². The maximum atomic E-state index is 12.3. The Morgan fingerprint density at radius 1 is 1.37 bits per heavy atom. The monoisotopic (exact) mass is 349 g/mol. The van der Waals surface area contributed by atoms with Crippen molar-refractivity contribution in [1.29, 1.82) is 0 Å². The van der Waals surface area contributed by atoms with E-state index < -0.39 is 10.0 Å². The second-order valence-corrected chi connectivity index (χ2v) is 7.45. The Kier molecular flexibility index (Phi) is 5.98. The molecule has 0 aliphatic rings. The van der Waals surface area contributed by atoms with Gasteiger partial charge >= 0.3 is 0 Å². The van der Waals surface area contributed by atoms with Crippen LogP contribution in [-0.2, 0) is 10.0 Å². The lowest BCUT2D eigenvalue weighted by atomic mass is 10.0. The van der Waals surface area contributed by atoms with E-state index in [1.54, 1.807) is 18.2 Å². The topological polar surface area (TPSA) is 66.4 Å². The van der Waals surface area contributed by atoms with Crippen LogP contribution < -0.4 is 4.72 Å². The molecule has 0 radical (unpaired) electrons. The van der Waals surface area contributed by atoms with Gasteiger partial charge in [-0.15, -0.1) is 0 Å². The minimum Gasteiger partial charge on any atom is -0.396 e. The quantitative estimate of drug-likeness (QED) is 0.828. The van der Waals surface area contributed by atoms with Gasteiger partial charge in [-0.2, -0.15) is 0 Å². The van der Waals surface area contributed by atoms with E-state index >= 15 is 0 Å². The molecule has 0 fully saturated rings. The number of halogens is 1. The highest BCUT2D eigenvalue weighted by molar-refractivity contribution is 9.10. The fraction of sp³-hybridized carbons (Fsp3) is 0.538. The number of nitrogens with one attached hydrogen (secondary N) is 1. The number of rotatable bonds is 6. The number of hydrogen-bond donors (Lipinski definition) is 2. The molecular weight excluding hydrogens is 330 g/mol. The van der Waals surface area contributed by atoms with Crippen molar-refractivity contribution in [3.05, 3.63) is 28.2 Å². The van der Waals surface area contributed by atoms with E-state index in [4.69, 9.17) is 5.11 Å². The molecule has 2 N–H and O–H groups in total. The molecule has 1 aromatic carbocycles. The first-order valence-electron chi connectivity index (χ1n) is 6.17. The van der Waals surface area contributed by atoms with Crippen LogP contribution in [0.3, 0.4) is 0 Å². The van der Waals surface area contributed by atoms with E-state index in [0.29, 0.717) is 10.9 Å². The summed E-state index contributed by atoms with van der Waals surface area (Å²) in [4.78, 5) is 0.224. The Morgan fingerprint density at radius 3 is 2.47 bits per heavy atom. The SMILES string of the molecule is Cc1ccc(S(=O)(=O)NC(CCO)C(C)C)c(Br)c1. The minimum atomic E-state index is -3.58. The van der Waals surface area contributed by atoms with E-state index in [-0.39, 0.29) is 23.5 Å². The van der Waals surface area contributed by atoms with Gasteiger partial charge in [0.2, 0.25) is 10.0 Å². The lowest BCUT2D eigenvalue weighted by Gasteiger charge is -2.21. The number of aliphatic hydroxyl groups is 1. The van der Waals surface area contributed by atoms with Crippen molar-refractivity contribution in [2.75, 3.05) is 6.61 Å². The fourth-order valence-corrected chi connectivity index (χ4v) is 4.36. The van der Waals surface area contributed by atoms with Crippen molar-refractivity contribution in [1.82, 2.24) is 4.72 Å². The van der Waals surface area contributed by atoms with Gasteiger partial charge in [0.05, 0.1) is 4.90 Å². The van der Waals surface area contributed by atoms with Crippen LogP contribution in [0.2, 0.25) is 0 Å². The lowest BCUT2D eigenvalue weighted by Crippen LogP contribution is -2.39. The molecule has 1 aromatic rings. The Hall–Kier alpha value is -0.430. The molecule has 0 aliphatic heterocycles. The summed E-state index contributed by atoms with van der Waals surface area (Å²) in [6.45, 7) is 5.71. The number of hydrogen-bond acceptors (Lipinski definition) is 3. The van der Waals surface area contributed by atoms with Gasteiger partial charge in [0.1, 0.15) is 0 Å². The van der Waals surface area contributed by atoms with Crippen LogP contribution in [0.4, 0.5) is 0 Å². The fourth-order valence-electron chi connectivity index (χ4n) is 1.75. The van der Waals surface area contributed by atoms with E-state index in [2.05, 4.69) is 20.7 Å². The van der Waals surface area contributed by atoms with Crippen LogP contribution in [0, 0.1) is 12.8 Å². The molecule has 1 atom stereocenters. The van der Waals surface area contributed by atoms with Gasteiger partial charge in [0.15, 0.2) is 0 Å². The molecule has 0 aliphatic carbocycles. The van der Waals surface area contributed by atoms with Crippen molar-refractivity contribution >= 4 is 26.0 Å². The van der Waals surface area contributed by atoms with Gasteiger partial charge in [0, 0.05) is 17.1 Å². The van der Waals surface area contributed by atoms with Crippen molar-refractivity contribution < 1.29 is 13.5 Å². The summed E-state index contributed by atoms with van der Waals surface area (Å²) in [5, 5.41) is 9.00. The summed E-state index contributed by atoms with van der Waals surface area (Å²) in [5.41, 5.74) is 0.988. The molecule has 4 nitrogen and oxygen atoms in total. The zero-order valence-electron chi connectivity index (χ0n) is 11.4. The van der Waals surface area contributed by atoms with E-state index in [1.807, 2.05) is 20.8 Å². The summed E-state index contributed by atoms with van der Waals surface area (Å²) in [5.74, 6) is 0.117. The molecule has 0 saturated heterocycles. The van der Waals surface area contributed by atoms with Crippen molar-refractivity contribution in [2.24, 2.45) is 5.92 Å². The molecule has 19 heavy (non-hydrogen) atoms. The Labute approximate surface area is 123 Å². The third-order valence-corrected chi connectivity index (χ3v) is 5.39. The summed E-state index contributed by atoms with van der Waals surface area (Å²) in [7, 11) is -3.58. The molecule has 0 bridgehead atoms. The van der Waals surface area contributed by atoms with E-state index in [9.17, 15) is 8.42 Å². The van der Waals surface area contributed by atoms with Crippen LogP contribution in [0.1, 0.15) is 25.8 Å². The summed E-state index contributed by atoms with van der Waals surface area (Å²) in [6, 6.07) is 4.84. The Bertz CT molecular complexity index is 529. The molecule has 6 heteroatoms. The maximum absolute atomic E-state index is 12.3. The standard InChI is InChI=1S/C13H20BrNO3S/c1-9(2)12(6-7-16)15-19(17,18)13-5-4-10(3)8-11(13)14/h4-5,8-9,12,15-16H,6-7H2,1-3H3. The van der Waals surface area contributed by atoms with Crippen LogP contribution in [0.5, 0.6) is 0 Å². The first-order valence-corrected chi connectivity index (χ1v) is 8.45. The second kappa shape index (κ2) is 6.83. The lowest BCUT2D eigenvalue weighted by molar-refractivity contribution is 0.256. The van der Waals surface area contributed by atoms with Crippen molar-refractivity contribution in [3.8, 4) is 0 Å². The molecule has 0 amide bonds. The number of aliphatic hydroxyl groups excluding tert-OH is 1. The molecule has 0 spiro atoms. The average molecular weight is 350 g/mol. The first-order chi connectivity index (χ1) is 8.77. The number of benzene rings is 1. The van der Waals surface area contributed by atoms with Crippen LogP contribution in [0.25, 0.3) is 0 Å². The molecule has 0 heterocycles. The van der Waals surface area contributed by atoms with E-state index in [0.717, 1.165) is 5.56 Å². The average Bonchev–Trinajstić information content (AvgIpc) is 2.27. The molecule has 0 aromatic heterocycles. The Balaban J connectivity index is 3.03. The summed E-state index contributed by atoms with van der Waals surface area (Å²) in [6.07, 6.45) is 0.403. The molecule has 1 unspecified atom stereocenters.